The van der Waals surface area contributed by atoms with Crippen LogP contribution in [0.4, 0.5) is 4.39 Å². The molecule has 1 aromatic rings. The predicted octanol–water partition coefficient (Wildman–Crippen LogP) is 1.48. The van der Waals surface area contributed by atoms with Gasteiger partial charge in [0.1, 0.15) is 11.6 Å². The Balaban J connectivity index is 2.91. The van der Waals surface area contributed by atoms with E-state index >= 15 is 0 Å². The minimum absolute atomic E-state index is 0.134. The van der Waals surface area contributed by atoms with Crippen LogP contribution < -0.4 is 4.74 Å². The number of methoxy groups -OCH3 is 2. The van der Waals surface area contributed by atoms with E-state index in [2.05, 4.69) is 0 Å². The Morgan fingerprint density at radius 3 is 2.69 bits per heavy atom. The summed E-state index contributed by atoms with van der Waals surface area (Å²) in [7, 11) is 2.72. The largest absolute Gasteiger partial charge is 0.496 e. The molecular formula is C11H13FO4. The van der Waals surface area contributed by atoms with Crippen molar-refractivity contribution in [1.82, 2.24) is 0 Å². The van der Waals surface area contributed by atoms with Crippen molar-refractivity contribution in [3.05, 3.63) is 29.6 Å². The lowest BCUT2D eigenvalue weighted by Gasteiger charge is -2.13. The number of carbonyl (C=O) groups is 1. The topological polar surface area (TPSA) is 55.8 Å². The van der Waals surface area contributed by atoms with Crippen molar-refractivity contribution >= 4 is 5.97 Å². The van der Waals surface area contributed by atoms with Gasteiger partial charge in [-0.25, -0.2) is 9.18 Å². The van der Waals surface area contributed by atoms with Gasteiger partial charge in [-0.15, -0.1) is 0 Å². The third-order valence-electron chi connectivity index (χ3n) is 2.21. The maximum absolute atomic E-state index is 12.9. The highest BCUT2D eigenvalue weighted by Crippen LogP contribution is 2.21. The highest BCUT2D eigenvalue weighted by molar-refractivity contribution is 5.72. The molecule has 0 aromatic heterocycles. The molecule has 0 bridgehead atoms. The fraction of sp³-hybridized carbons (Fsp3) is 0.364. The molecule has 16 heavy (non-hydrogen) atoms. The van der Waals surface area contributed by atoms with Crippen molar-refractivity contribution in [2.75, 3.05) is 14.2 Å². The van der Waals surface area contributed by atoms with Crippen LogP contribution in [0.15, 0.2) is 18.2 Å². The van der Waals surface area contributed by atoms with E-state index in [-0.39, 0.29) is 6.42 Å². The van der Waals surface area contributed by atoms with Crippen molar-refractivity contribution in [3.8, 4) is 5.75 Å². The normalized spacial score (nSPS) is 12.2. The lowest BCUT2D eigenvalue weighted by molar-refractivity contribution is -0.148. The van der Waals surface area contributed by atoms with Gasteiger partial charge in [-0.05, 0) is 11.6 Å². The summed E-state index contributed by atoms with van der Waals surface area (Å²) < 4.78 is 22.6. The van der Waals surface area contributed by atoms with Gasteiger partial charge in [0.05, 0.1) is 7.11 Å². The molecule has 0 radical (unpaired) electrons. The molecular weight excluding hydrogens is 215 g/mol. The van der Waals surface area contributed by atoms with Gasteiger partial charge >= 0.3 is 5.97 Å². The van der Waals surface area contributed by atoms with Crippen molar-refractivity contribution in [2.45, 2.75) is 12.5 Å². The third kappa shape index (κ3) is 2.93. The van der Waals surface area contributed by atoms with Crippen LogP contribution in [0.25, 0.3) is 0 Å². The zero-order valence-corrected chi connectivity index (χ0v) is 9.07. The summed E-state index contributed by atoms with van der Waals surface area (Å²) in [6.45, 7) is 0. The summed E-state index contributed by atoms with van der Waals surface area (Å²) in [4.78, 5) is 10.8. The molecule has 0 fully saturated rings. The SMILES string of the molecule is COc1cc(F)ccc1CC(OC)C(=O)O. The van der Waals surface area contributed by atoms with Gasteiger partial charge in [-0.2, -0.15) is 0 Å². The first-order valence-corrected chi connectivity index (χ1v) is 4.66. The molecule has 0 saturated heterocycles. The van der Waals surface area contributed by atoms with Crippen molar-refractivity contribution in [3.63, 3.8) is 0 Å². The van der Waals surface area contributed by atoms with Crippen LogP contribution in [-0.4, -0.2) is 31.4 Å². The third-order valence-corrected chi connectivity index (χ3v) is 2.21. The number of benzene rings is 1. The zero-order chi connectivity index (χ0) is 12.1. The molecule has 1 atom stereocenters. The highest BCUT2D eigenvalue weighted by Gasteiger charge is 2.19. The van der Waals surface area contributed by atoms with Gasteiger partial charge < -0.3 is 14.6 Å². The molecule has 1 aromatic carbocycles. The van der Waals surface area contributed by atoms with Crippen LogP contribution in [0.2, 0.25) is 0 Å². The van der Waals surface area contributed by atoms with E-state index in [1.807, 2.05) is 0 Å². The quantitative estimate of drug-likeness (QED) is 0.829. The monoisotopic (exact) mass is 228 g/mol. The maximum Gasteiger partial charge on any atom is 0.333 e. The second kappa shape index (κ2) is 5.46. The average Bonchev–Trinajstić information content (AvgIpc) is 2.26. The first-order chi connectivity index (χ1) is 7.58. The zero-order valence-electron chi connectivity index (χ0n) is 9.07. The Hall–Kier alpha value is -1.62. The Morgan fingerprint density at radius 2 is 2.19 bits per heavy atom. The molecule has 0 saturated carbocycles. The Bertz CT molecular complexity index is 378. The second-order valence-corrected chi connectivity index (χ2v) is 3.22. The molecule has 0 aliphatic carbocycles. The van der Waals surface area contributed by atoms with E-state index in [1.54, 1.807) is 0 Å². The molecule has 0 aliphatic rings. The van der Waals surface area contributed by atoms with Gasteiger partial charge in [0.2, 0.25) is 0 Å². The molecule has 0 heterocycles. The van der Waals surface area contributed by atoms with Crippen LogP contribution in [0.1, 0.15) is 5.56 Å². The van der Waals surface area contributed by atoms with Crippen LogP contribution >= 0.6 is 0 Å². The molecule has 0 amide bonds. The number of hydrogen-bond acceptors (Lipinski definition) is 3. The molecule has 4 nitrogen and oxygen atoms in total. The van der Waals surface area contributed by atoms with Crippen molar-refractivity contribution in [1.29, 1.82) is 0 Å². The molecule has 0 aliphatic heterocycles. The average molecular weight is 228 g/mol. The number of aliphatic carboxylic acids is 1. The van der Waals surface area contributed by atoms with Crippen LogP contribution in [0.5, 0.6) is 5.75 Å². The summed E-state index contributed by atoms with van der Waals surface area (Å²) in [5.41, 5.74) is 0.596. The Kier molecular flexibility index (Phi) is 4.25. The number of carboxylic acid groups (broad SMARTS) is 1. The molecule has 1 unspecified atom stereocenters. The maximum atomic E-state index is 12.9. The number of halogens is 1. The number of rotatable bonds is 5. The smallest absolute Gasteiger partial charge is 0.333 e. The van der Waals surface area contributed by atoms with Crippen LogP contribution in [-0.2, 0) is 16.0 Å². The molecule has 88 valence electrons. The fourth-order valence-electron chi connectivity index (χ4n) is 1.36. The summed E-state index contributed by atoms with van der Waals surface area (Å²) in [6, 6.07) is 3.96. The second-order valence-electron chi connectivity index (χ2n) is 3.22. The van der Waals surface area contributed by atoms with Gasteiger partial charge in [-0.1, -0.05) is 6.07 Å². The lowest BCUT2D eigenvalue weighted by Crippen LogP contribution is -2.25. The van der Waals surface area contributed by atoms with Crippen molar-refractivity contribution < 1.29 is 23.8 Å². The minimum atomic E-state index is -1.06. The Morgan fingerprint density at radius 1 is 1.50 bits per heavy atom. The first-order valence-electron chi connectivity index (χ1n) is 4.66. The molecule has 1 rings (SSSR count). The minimum Gasteiger partial charge on any atom is -0.496 e. The first kappa shape index (κ1) is 12.4. The van der Waals surface area contributed by atoms with E-state index in [0.717, 1.165) is 0 Å². The van der Waals surface area contributed by atoms with Crippen LogP contribution in [0, 0.1) is 5.82 Å². The van der Waals surface area contributed by atoms with E-state index in [4.69, 9.17) is 14.6 Å². The summed E-state index contributed by atoms with van der Waals surface area (Å²) in [6.07, 6.45) is -0.825. The predicted molar refractivity (Wildman–Crippen MR) is 55.1 cm³/mol. The summed E-state index contributed by atoms with van der Waals surface area (Å²) in [5, 5.41) is 8.81. The number of carboxylic acids is 1. The molecule has 1 N–H and O–H groups in total. The summed E-state index contributed by atoms with van der Waals surface area (Å²) in [5.74, 6) is -1.16. The fourth-order valence-corrected chi connectivity index (χ4v) is 1.36. The lowest BCUT2D eigenvalue weighted by atomic mass is 10.1. The number of ether oxygens (including phenoxy) is 2. The standard InChI is InChI=1S/C11H13FO4/c1-15-9-6-8(12)4-3-7(9)5-10(16-2)11(13)14/h3-4,6,10H,5H2,1-2H3,(H,13,14). The van der Waals surface area contributed by atoms with E-state index in [1.165, 1.54) is 32.4 Å². The van der Waals surface area contributed by atoms with Gasteiger partial charge in [0, 0.05) is 19.6 Å². The van der Waals surface area contributed by atoms with Gasteiger partial charge in [0.15, 0.2) is 6.10 Å². The van der Waals surface area contributed by atoms with E-state index in [0.29, 0.717) is 11.3 Å². The van der Waals surface area contributed by atoms with E-state index < -0.39 is 17.9 Å². The number of hydrogen-bond donors (Lipinski definition) is 1. The van der Waals surface area contributed by atoms with Gasteiger partial charge in [0.25, 0.3) is 0 Å². The summed E-state index contributed by atoms with van der Waals surface area (Å²) >= 11 is 0. The van der Waals surface area contributed by atoms with E-state index in [9.17, 15) is 9.18 Å². The molecule has 5 heteroatoms. The van der Waals surface area contributed by atoms with Crippen LogP contribution in [0.3, 0.4) is 0 Å². The highest BCUT2D eigenvalue weighted by atomic mass is 19.1. The van der Waals surface area contributed by atoms with Gasteiger partial charge in [-0.3, -0.25) is 0 Å². The molecule has 0 spiro atoms. The Labute approximate surface area is 92.6 Å². The van der Waals surface area contributed by atoms with Crippen molar-refractivity contribution in [2.24, 2.45) is 0 Å².